The summed E-state index contributed by atoms with van der Waals surface area (Å²) in [5, 5.41) is 12.3. The zero-order valence-corrected chi connectivity index (χ0v) is 13.9. The Morgan fingerprint density at radius 3 is 2.50 bits per heavy atom. The lowest BCUT2D eigenvalue weighted by atomic mass is 10.1. The van der Waals surface area contributed by atoms with Gasteiger partial charge in [-0.05, 0) is 55.7 Å². The standard InChI is InChI=1S/C20H23N3O/c21-16-17-8-10-18(11-9-17)24-15-12-22-19-6-2-3-7-20(19)23-13-4-1-5-14-23/h2-3,6-11,22H,1,4-5,12-15H2. The molecule has 2 aromatic carbocycles. The summed E-state index contributed by atoms with van der Waals surface area (Å²) < 4.78 is 5.73. The molecule has 0 amide bonds. The van der Waals surface area contributed by atoms with Crippen LogP contribution in [0.5, 0.6) is 5.75 Å². The Hall–Kier alpha value is -2.67. The van der Waals surface area contributed by atoms with E-state index in [1.54, 1.807) is 12.1 Å². The molecule has 124 valence electrons. The number of ether oxygens (including phenoxy) is 1. The predicted octanol–water partition coefficient (Wildman–Crippen LogP) is 4.04. The first-order chi connectivity index (χ1) is 11.9. The molecule has 1 aliphatic heterocycles. The molecule has 3 rings (SSSR count). The van der Waals surface area contributed by atoms with E-state index in [1.807, 2.05) is 12.1 Å². The van der Waals surface area contributed by atoms with E-state index >= 15 is 0 Å². The second-order valence-electron chi connectivity index (χ2n) is 5.98. The average molecular weight is 321 g/mol. The number of hydrogen-bond acceptors (Lipinski definition) is 4. The van der Waals surface area contributed by atoms with Crippen molar-refractivity contribution >= 4 is 11.4 Å². The second-order valence-corrected chi connectivity index (χ2v) is 5.98. The maximum Gasteiger partial charge on any atom is 0.119 e. The first-order valence-electron chi connectivity index (χ1n) is 8.57. The summed E-state index contributed by atoms with van der Waals surface area (Å²) >= 11 is 0. The number of nitrogens with zero attached hydrogens (tertiary/aromatic N) is 2. The van der Waals surface area contributed by atoms with E-state index in [4.69, 9.17) is 10.00 Å². The van der Waals surface area contributed by atoms with Crippen LogP contribution in [0.4, 0.5) is 11.4 Å². The molecule has 0 unspecified atom stereocenters. The summed E-state index contributed by atoms with van der Waals surface area (Å²) in [4.78, 5) is 2.47. The number of benzene rings is 2. The molecule has 1 heterocycles. The van der Waals surface area contributed by atoms with E-state index in [2.05, 4.69) is 40.6 Å². The molecule has 24 heavy (non-hydrogen) atoms. The SMILES string of the molecule is N#Cc1ccc(OCCNc2ccccc2N2CCCCC2)cc1. The van der Waals surface area contributed by atoms with Crippen molar-refractivity contribution in [2.45, 2.75) is 19.3 Å². The number of para-hydroxylation sites is 2. The van der Waals surface area contributed by atoms with Crippen LogP contribution in [-0.2, 0) is 0 Å². The number of rotatable bonds is 6. The van der Waals surface area contributed by atoms with Gasteiger partial charge in [0.15, 0.2) is 0 Å². The van der Waals surface area contributed by atoms with E-state index in [1.165, 1.54) is 30.6 Å². The van der Waals surface area contributed by atoms with Gasteiger partial charge in [0, 0.05) is 19.6 Å². The van der Waals surface area contributed by atoms with E-state index in [0.29, 0.717) is 12.2 Å². The molecular formula is C20H23N3O. The van der Waals surface area contributed by atoms with Crippen LogP contribution >= 0.6 is 0 Å². The lowest BCUT2D eigenvalue weighted by Gasteiger charge is -2.30. The van der Waals surface area contributed by atoms with Gasteiger partial charge >= 0.3 is 0 Å². The van der Waals surface area contributed by atoms with E-state index in [0.717, 1.165) is 25.4 Å². The van der Waals surface area contributed by atoms with E-state index in [-0.39, 0.29) is 0 Å². The highest BCUT2D eigenvalue weighted by atomic mass is 16.5. The summed E-state index contributed by atoms with van der Waals surface area (Å²) in [5.74, 6) is 0.792. The summed E-state index contributed by atoms with van der Waals surface area (Å²) in [6, 6.07) is 17.8. The Bertz CT molecular complexity index is 685. The predicted molar refractivity (Wildman–Crippen MR) is 97.6 cm³/mol. The normalized spacial score (nSPS) is 14.0. The minimum Gasteiger partial charge on any atom is -0.492 e. The summed E-state index contributed by atoms with van der Waals surface area (Å²) in [6.45, 7) is 3.60. The third-order valence-electron chi connectivity index (χ3n) is 4.27. The molecular weight excluding hydrogens is 298 g/mol. The van der Waals surface area contributed by atoms with Gasteiger partial charge in [0.1, 0.15) is 12.4 Å². The fourth-order valence-electron chi connectivity index (χ4n) is 3.01. The van der Waals surface area contributed by atoms with Crippen LogP contribution in [0.15, 0.2) is 48.5 Å². The highest BCUT2D eigenvalue weighted by molar-refractivity contribution is 5.70. The maximum absolute atomic E-state index is 8.80. The van der Waals surface area contributed by atoms with Gasteiger partial charge in [0.25, 0.3) is 0 Å². The topological polar surface area (TPSA) is 48.3 Å². The van der Waals surface area contributed by atoms with Crippen molar-refractivity contribution in [1.82, 2.24) is 0 Å². The van der Waals surface area contributed by atoms with Crippen LogP contribution in [0, 0.1) is 11.3 Å². The van der Waals surface area contributed by atoms with E-state index in [9.17, 15) is 0 Å². The molecule has 1 saturated heterocycles. The van der Waals surface area contributed by atoms with Crippen molar-refractivity contribution in [2.75, 3.05) is 36.5 Å². The number of nitriles is 1. The number of hydrogen-bond donors (Lipinski definition) is 1. The molecule has 1 aliphatic rings. The van der Waals surface area contributed by atoms with Crippen molar-refractivity contribution in [2.24, 2.45) is 0 Å². The fraction of sp³-hybridized carbons (Fsp3) is 0.350. The van der Waals surface area contributed by atoms with Crippen molar-refractivity contribution in [3.05, 3.63) is 54.1 Å². The van der Waals surface area contributed by atoms with Crippen molar-refractivity contribution in [3.63, 3.8) is 0 Å². The third kappa shape index (κ3) is 4.20. The van der Waals surface area contributed by atoms with Crippen LogP contribution in [0.2, 0.25) is 0 Å². The molecule has 0 aliphatic carbocycles. The van der Waals surface area contributed by atoms with Gasteiger partial charge in [-0.2, -0.15) is 5.26 Å². The first-order valence-corrected chi connectivity index (χ1v) is 8.57. The summed E-state index contributed by atoms with van der Waals surface area (Å²) in [7, 11) is 0. The second kappa shape index (κ2) is 8.26. The van der Waals surface area contributed by atoms with Gasteiger partial charge in [-0.3, -0.25) is 0 Å². The van der Waals surface area contributed by atoms with Gasteiger partial charge in [-0.1, -0.05) is 12.1 Å². The van der Waals surface area contributed by atoms with Crippen molar-refractivity contribution in [3.8, 4) is 11.8 Å². The van der Waals surface area contributed by atoms with Crippen molar-refractivity contribution in [1.29, 1.82) is 5.26 Å². The number of anilines is 2. The van der Waals surface area contributed by atoms with Gasteiger partial charge in [0.05, 0.1) is 23.0 Å². The summed E-state index contributed by atoms with van der Waals surface area (Å²) in [5.41, 5.74) is 3.11. The largest absolute Gasteiger partial charge is 0.492 e. The Morgan fingerprint density at radius 2 is 1.75 bits per heavy atom. The molecule has 1 N–H and O–H groups in total. The Labute approximate surface area is 143 Å². The third-order valence-corrected chi connectivity index (χ3v) is 4.27. The molecule has 4 nitrogen and oxygen atoms in total. The molecule has 0 bridgehead atoms. The number of piperidine rings is 1. The zero-order chi connectivity index (χ0) is 16.6. The van der Waals surface area contributed by atoms with E-state index < -0.39 is 0 Å². The molecule has 0 saturated carbocycles. The molecule has 0 radical (unpaired) electrons. The van der Waals surface area contributed by atoms with Crippen LogP contribution in [0.1, 0.15) is 24.8 Å². The van der Waals surface area contributed by atoms with Crippen LogP contribution in [0.25, 0.3) is 0 Å². The molecule has 0 aromatic heterocycles. The lowest BCUT2D eigenvalue weighted by Crippen LogP contribution is -2.30. The quantitative estimate of drug-likeness (QED) is 0.816. The van der Waals surface area contributed by atoms with Gasteiger partial charge in [-0.25, -0.2) is 0 Å². The minimum atomic E-state index is 0.584. The van der Waals surface area contributed by atoms with Crippen LogP contribution < -0.4 is 15.0 Å². The van der Waals surface area contributed by atoms with Gasteiger partial charge in [-0.15, -0.1) is 0 Å². The summed E-state index contributed by atoms with van der Waals surface area (Å²) in [6.07, 6.45) is 3.89. The number of nitrogens with one attached hydrogen (secondary N) is 1. The molecule has 1 fully saturated rings. The lowest BCUT2D eigenvalue weighted by molar-refractivity contribution is 0.333. The molecule has 0 spiro atoms. The Balaban J connectivity index is 1.52. The highest BCUT2D eigenvalue weighted by Crippen LogP contribution is 2.28. The highest BCUT2D eigenvalue weighted by Gasteiger charge is 2.13. The molecule has 0 atom stereocenters. The molecule has 4 heteroatoms. The fourth-order valence-corrected chi connectivity index (χ4v) is 3.01. The van der Waals surface area contributed by atoms with Gasteiger partial charge in [0.2, 0.25) is 0 Å². The van der Waals surface area contributed by atoms with Crippen molar-refractivity contribution < 1.29 is 4.74 Å². The maximum atomic E-state index is 8.80. The zero-order valence-electron chi connectivity index (χ0n) is 13.9. The Kier molecular flexibility index (Phi) is 5.57. The van der Waals surface area contributed by atoms with Gasteiger partial charge < -0.3 is 15.0 Å². The van der Waals surface area contributed by atoms with Crippen LogP contribution in [-0.4, -0.2) is 26.2 Å². The smallest absolute Gasteiger partial charge is 0.119 e. The Morgan fingerprint density at radius 1 is 1.00 bits per heavy atom. The first kappa shape index (κ1) is 16.2. The molecule has 2 aromatic rings. The van der Waals surface area contributed by atoms with Crippen LogP contribution in [0.3, 0.4) is 0 Å². The average Bonchev–Trinajstić information content (AvgIpc) is 2.67. The minimum absolute atomic E-state index is 0.584. The monoisotopic (exact) mass is 321 g/mol.